The highest BCUT2D eigenvalue weighted by atomic mass is 19.4. The van der Waals surface area contributed by atoms with E-state index >= 15 is 0 Å². The first kappa shape index (κ1) is 23.5. The van der Waals surface area contributed by atoms with Gasteiger partial charge in [-0.05, 0) is 37.3 Å². The lowest BCUT2D eigenvalue weighted by molar-refractivity contribution is -0.137. The van der Waals surface area contributed by atoms with Gasteiger partial charge in [0.05, 0.1) is 18.8 Å². The van der Waals surface area contributed by atoms with Gasteiger partial charge in [-0.3, -0.25) is 4.99 Å². The Balaban J connectivity index is 1.80. The molecule has 0 aromatic heterocycles. The van der Waals surface area contributed by atoms with Crippen molar-refractivity contribution in [1.82, 2.24) is 10.6 Å². The molecule has 164 valence electrons. The smallest absolute Gasteiger partial charge is 0.382 e. The Morgan fingerprint density at radius 3 is 2.55 bits per heavy atom. The maximum absolute atomic E-state index is 13.1. The van der Waals surface area contributed by atoms with E-state index in [4.69, 9.17) is 9.47 Å². The number of guanidine groups is 1. The number of halogens is 3. The monoisotopic (exact) mass is 415 g/mol. The molecule has 5 nitrogen and oxygen atoms in total. The maximum atomic E-state index is 13.1. The molecule has 0 bridgehead atoms. The predicted octanol–water partition coefficient (Wildman–Crippen LogP) is 3.74. The molecular formula is C21H32F3N3O2. The molecule has 1 saturated carbocycles. The number of methoxy groups -OCH3 is 1. The molecule has 0 amide bonds. The zero-order valence-corrected chi connectivity index (χ0v) is 17.3. The fourth-order valence-corrected chi connectivity index (χ4v) is 3.45. The third kappa shape index (κ3) is 7.19. The van der Waals surface area contributed by atoms with Crippen molar-refractivity contribution in [3.05, 3.63) is 35.4 Å². The van der Waals surface area contributed by atoms with E-state index in [9.17, 15) is 13.2 Å². The van der Waals surface area contributed by atoms with Crippen LogP contribution in [0.3, 0.4) is 0 Å². The maximum Gasteiger partial charge on any atom is 0.416 e. The second kappa shape index (κ2) is 11.4. The van der Waals surface area contributed by atoms with Crippen LogP contribution in [0.1, 0.15) is 43.2 Å². The summed E-state index contributed by atoms with van der Waals surface area (Å²) in [7, 11) is 3.34. The summed E-state index contributed by atoms with van der Waals surface area (Å²) in [5, 5.41) is 6.56. The molecule has 1 aliphatic rings. The molecule has 0 atom stereocenters. The van der Waals surface area contributed by atoms with Gasteiger partial charge in [-0.15, -0.1) is 0 Å². The van der Waals surface area contributed by atoms with Gasteiger partial charge in [-0.25, -0.2) is 0 Å². The van der Waals surface area contributed by atoms with Gasteiger partial charge < -0.3 is 20.1 Å². The summed E-state index contributed by atoms with van der Waals surface area (Å²) in [6, 6.07) is 5.72. The lowest BCUT2D eigenvalue weighted by atomic mass is 9.64. The number of benzene rings is 1. The Kier molecular flexibility index (Phi) is 9.23. The fraction of sp³-hybridized carbons (Fsp3) is 0.667. The fourth-order valence-electron chi connectivity index (χ4n) is 3.45. The van der Waals surface area contributed by atoms with Crippen LogP contribution >= 0.6 is 0 Å². The number of rotatable bonds is 11. The zero-order chi connectivity index (χ0) is 21.2. The lowest BCUT2D eigenvalue weighted by Gasteiger charge is -2.43. The quantitative estimate of drug-likeness (QED) is 0.329. The molecular weight excluding hydrogens is 383 g/mol. The first-order chi connectivity index (χ1) is 13.9. The van der Waals surface area contributed by atoms with Crippen molar-refractivity contribution in [2.45, 2.75) is 43.7 Å². The van der Waals surface area contributed by atoms with Gasteiger partial charge in [0, 0.05) is 39.3 Å². The van der Waals surface area contributed by atoms with E-state index in [2.05, 4.69) is 15.6 Å². The normalized spacial score (nSPS) is 16.4. The third-order valence-corrected chi connectivity index (χ3v) is 5.37. The molecule has 1 fully saturated rings. The second-order valence-electron chi connectivity index (χ2n) is 7.38. The predicted molar refractivity (Wildman–Crippen MR) is 108 cm³/mol. The lowest BCUT2D eigenvalue weighted by Crippen LogP contribution is -2.49. The zero-order valence-electron chi connectivity index (χ0n) is 17.3. The minimum Gasteiger partial charge on any atom is -0.382 e. The van der Waals surface area contributed by atoms with Crippen molar-refractivity contribution in [2.24, 2.45) is 4.99 Å². The minimum atomic E-state index is -4.32. The van der Waals surface area contributed by atoms with Gasteiger partial charge in [0.1, 0.15) is 0 Å². The topological polar surface area (TPSA) is 54.9 Å². The molecule has 0 aliphatic heterocycles. The van der Waals surface area contributed by atoms with Gasteiger partial charge in [-0.1, -0.05) is 24.6 Å². The van der Waals surface area contributed by atoms with E-state index in [0.29, 0.717) is 32.3 Å². The first-order valence-electron chi connectivity index (χ1n) is 10.1. The SMILES string of the molecule is CN=C(NCCCCOCCOC)NCC1(c2cccc(C(F)(F)F)c2)CCC1. The Hall–Kier alpha value is -1.80. The molecule has 0 spiro atoms. The van der Waals surface area contributed by atoms with Crippen LogP contribution in [0.15, 0.2) is 29.3 Å². The molecule has 0 unspecified atom stereocenters. The Morgan fingerprint density at radius 1 is 1.14 bits per heavy atom. The Labute approximate surface area is 171 Å². The summed E-state index contributed by atoms with van der Waals surface area (Å²) in [6.45, 7) is 3.21. The number of hydrogen-bond donors (Lipinski definition) is 2. The average Bonchev–Trinajstić information content (AvgIpc) is 2.67. The average molecular weight is 416 g/mol. The highest BCUT2D eigenvalue weighted by molar-refractivity contribution is 5.79. The van der Waals surface area contributed by atoms with Crippen molar-refractivity contribution >= 4 is 5.96 Å². The van der Waals surface area contributed by atoms with E-state index in [1.54, 1.807) is 20.2 Å². The van der Waals surface area contributed by atoms with Crippen molar-refractivity contribution in [3.63, 3.8) is 0 Å². The van der Waals surface area contributed by atoms with Crippen LogP contribution in [0.4, 0.5) is 13.2 Å². The van der Waals surface area contributed by atoms with Gasteiger partial charge >= 0.3 is 6.18 Å². The van der Waals surface area contributed by atoms with Crippen LogP contribution in [0.5, 0.6) is 0 Å². The Morgan fingerprint density at radius 2 is 1.93 bits per heavy atom. The van der Waals surface area contributed by atoms with Crippen LogP contribution in [-0.4, -0.2) is 53.0 Å². The number of nitrogens with zero attached hydrogens (tertiary/aromatic N) is 1. The molecule has 0 saturated heterocycles. The molecule has 0 heterocycles. The number of hydrogen-bond acceptors (Lipinski definition) is 3. The number of aliphatic imine (C=N–C) groups is 1. The summed E-state index contributed by atoms with van der Waals surface area (Å²) in [5.41, 5.74) is -0.111. The molecule has 2 N–H and O–H groups in total. The van der Waals surface area contributed by atoms with E-state index in [1.165, 1.54) is 12.1 Å². The number of ether oxygens (including phenoxy) is 2. The number of nitrogens with one attached hydrogen (secondary N) is 2. The highest BCUT2D eigenvalue weighted by Crippen LogP contribution is 2.44. The van der Waals surface area contributed by atoms with Crippen molar-refractivity contribution < 1.29 is 22.6 Å². The van der Waals surface area contributed by atoms with Gasteiger partial charge in [-0.2, -0.15) is 13.2 Å². The molecule has 1 aromatic rings. The van der Waals surface area contributed by atoms with Crippen molar-refractivity contribution in [1.29, 1.82) is 0 Å². The molecule has 1 aliphatic carbocycles. The first-order valence-corrected chi connectivity index (χ1v) is 10.1. The Bertz CT molecular complexity index is 646. The standard InChI is InChI=1S/C21H32F3N3O2/c1-25-19(26-11-3-4-12-29-14-13-28-2)27-16-20(9-6-10-20)17-7-5-8-18(15-17)21(22,23)24/h5,7-8,15H,3-4,6,9-14,16H2,1-2H3,(H2,25,26,27). The van der Waals surface area contributed by atoms with Crippen LogP contribution in [0.2, 0.25) is 0 Å². The van der Waals surface area contributed by atoms with Gasteiger partial charge in [0.2, 0.25) is 0 Å². The van der Waals surface area contributed by atoms with Crippen LogP contribution in [0.25, 0.3) is 0 Å². The van der Waals surface area contributed by atoms with Crippen LogP contribution < -0.4 is 10.6 Å². The summed E-state index contributed by atoms with van der Waals surface area (Å²) >= 11 is 0. The van der Waals surface area contributed by atoms with Crippen molar-refractivity contribution in [2.75, 3.05) is 47.1 Å². The van der Waals surface area contributed by atoms with Crippen LogP contribution in [-0.2, 0) is 21.1 Å². The van der Waals surface area contributed by atoms with Crippen LogP contribution in [0, 0.1) is 0 Å². The summed E-state index contributed by atoms with van der Waals surface area (Å²) in [5.74, 6) is 0.670. The van der Waals surface area contributed by atoms with Gasteiger partial charge in [0.25, 0.3) is 0 Å². The summed E-state index contributed by atoms with van der Waals surface area (Å²) in [4.78, 5) is 4.22. The number of unbranched alkanes of at least 4 members (excludes halogenated alkanes) is 1. The molecule has 2 rings (SSSR count). The van der Waals surface area contributed by atoms with Crippen molar-refractivity contribution in [3.8, 4) is 0 Å². The highest BCUT2D eigenvalue weighted by Gasteiger charge is 2.40. The molecule has 29 heavy (non-hydrogen) atoms. The summed E-state index contributed by atoms with van der Waals surface area (Å²) in [6.07, 6.45) is 0.314. The number of alkyl halides is 3. The molecule has 8 heteroatoms. The molecule has 1 aromatic carbocycles. The van der Waals surface area contributed by atoms with E-state index in [0.717, 1.165) is 50.3 Å². The summed E-state index contributed by atoms with van der Waals surface area (Å²) < 4.78 is 49.6. The van der Waals surface area contributed by atoms with E-state index in [1.807, 2.05) is 0 Å². The van der Waals surface area contributed by atoms with E-state index < -0.39 is 11.7 Å². The largest absolute Gasteiger partial charge is 0.416 e. The van der Waals surface area contributed by atoms with E-state index in [-0.39, 0.29) is 5.41 Å². The van der Waals surface area contributed by atoms with Gasteiger partial charge in [0.15, 0.2) is 5.96 Å². The third-order valence-electron chi connectivity index (χ3n) is 5.37. The molecule has 0 radical (unpaired) electrons. The second-order valence-corrected chi connectivity index (χ2v) is 7.38. The minimum absolute atomic E-state index is 0.270.